The largest absolute Gasteiger partial charge is 1.00 e. The zero-order chi connectivity index (χ0) is 27.5. The molecule has 0 unspecified atom stereocenters. The van der Waals surface area contributed by atoms with E-state index < -0.39 is 21.3 Å². The standard InChI is InChI=1S/C21H25.C10H15.C6H10.2ClH.Zr/c1-20(2,3)16-9-7-14-11-15-8-10-17(21(4,5)6)13-19(15)18(14)12-16;1-4-10(2,3)9-7-5-6-8-9;1-2-4-6-5-3-1;;;/h7,9-10,12-13H,11H2,1-6H3;7-8H,4-5H2,1-3H3;1-5H2;2*1H;/q;;;;;+2/p-2. The van der Waals surface area contributed by atoms with Crippen molar-refractivity contribution in [3.8, 4) is 11.1 Å². The minimum absolute atomic E-state index is 0. The first-order chi connectivity index (χ1) is 17.8. The van der Waals surface area contributed by atoms with Crippen molar-refractivity contribution in [1.82, 2.24) is 0 Å². The van der Waals surface area contributed by atoms with Gasteiger partial charge in [-0.1, -0.05) is 0 Å². The molecule has 3 aliphatic carbocycles. The maximum atomic E-state index is 2.72. The summed E-state index contributed by atoms with van der Waals surface area (Å²) in [6.45, 7) is 21.5. The van der Waals surface area contributed by atoms with Crippen LogP contribution in [0.5, 0.6) is 0 Å². The van der Waals surface area contributed by atoms with E-state index in [9.17, 15) is 0 Å². The molecule has 0 heterocycles. The molecule has 1 saturated carbocycles. The molecule has 0 nitrogen and oxygen atoms in total. The second-order valence-electron chi connectivity index (χ2n) is 14.9. The number of halogens is 2. The van der Waals surface area contributed by atoms with Gasteiger partial charge in [-0.3, -0.25) is 0 Å². The van der Waals surface area contributed by atoms with E-state index in [4.69, 9.17) is 0 Å². The van der Waals surface area contributed by atoms with E-state index in [1.165, 1.54) is 61.6 Å². The Morgan fingerprint density at radius 3 is 1.98 bits per heavy atom. The number of fused-ring (bicyclic) bond motifs is 3. The van der Waals surface area contributed by atoms with E-state index in [1.54, 1.807) is 22.3 Å². The van der Waals surface area contributed by atoms with Gasteiger partial charge in [0.2, 0.25) is 0 Å². The molecular formula is C37H50Cl2Zr. The molecule has 1 fully saturated rings. The van der Waals surface area contributed by atoms with Gasteiger partial charge in [-0.2, -0.15) is 0 Å². The zero-order valence-corrected chi connectivity index (χ0v) is 30.4. The van der Waals surface area contributed by atoms with Crippen molar-refractivity contribution < 1.29 is 46.1 Å². The second-order valence-corrected chi connectivity index (χ2v) is 21.4. The van der Waals surface area contributed by atoms with Crippen molar-refractivity contribution >= 4 is 6.48 Å². The van der Waals surface area contributed by atoms with E-state index >= 15 is 0 Å². The van der Waals surface area contributed by atoms with Gasteiger partial charge in [0.05, 0.1) is 0 Å². The molecule has 0 radical (unpaired) electrons. The molecule has 0 saturated heterocycles. The predicted molar refractivity (Wildman–Crippen MR) is 165 cm³/mol. The van der Waals surface area contributed by atoms with Crippen LogP contribution in [0.3, 0.4) is 0 Å². The Hall–Kier alpha value is -0.747. The fraction of sp³-hybridized carbons (Fsp3) is 0.541. The summed E-state index contributed by atoms with van der Waals surface area (Å²) >= 11 is -2.24. The summed E-state index contributed by atoms with van der Waals surface area (Å²) in [5.74, 6) is 0. The van der Waals surface area contributed by atoms with Crippen LogP contribution in [-0.4, -0.2) is 3.21 Å². The molecule has 3 heteroatoms. The van der Waals surface area contributed by atoms with E-state index in [1.807, 2.05) is 9.76 Å². The Morgan fingerprint density at radius 2 is 1.38 bits per heavy atom. The van der Waals surface area contributed by atoms with Gasteiger partial charge in [0.25, 0.3) is 0 Å². The van der Waals surface area contributed by atoms with E-state index in [-0.39, 0.29) is 41.1 Å². The van der Waals surface area contributed by atoms with Crippen LogP contribution in [0.25, 0.3) is 11.1 Å². The Bertz CT molecular complexity index is 1350. The van der Waals surface area contributed by atoms with Gasteiger partial charge in [-0.15, -0.1) is 0 Å². The fourth-order valence-electron chi connectivity index (χ4n) is 6.59. The molecule has 0 spiro atoms. The maximum absolute atomic E-state index is 2.72. The third-order valence-electron chi connectivity index (χ3n) is 9.69. The molecule has 3 aliphatic rings. The SMILES string of the molecule is CCC(C)(C)C1=CC[C]([Zr+2](=[C]2CCCCC2)[c]2cc(C(C)(C)C)cc3c2Cc2ccc(C(C)(C)C)cc2-3)=C1.[Cl-].[Cl-]. The Kier molecular flexibility index (Phi) is 10.5. The smallest absolute Gasteiger partial charge is 1.00 e. The molecule has 0 atom stereocenters. The van der Waals surface area contributed by atoms with E-state index in [0.29, 0.717) is 0 Å². The summed E-state index contributed by atoms with van der Waals surface area (Å²) < 4.78 is 5.66. The summed E-state index contributed by atoms with van der Waals surface area (Å²) in [7, 11) is 0. The average molecular weight is 657 g/mol. The van der Waals surface area contributed by atoms with Gasteiger partial charge in [0, 0.05) is 0 Å². The summed E-state index contributed by atoms with van der Waals surface area (Å²) in [5.41, 5.74) is 11.5. The fourth-order valence-corrected chi connectivity index (χ4v) is 15.1. The zero-order valence-electron chi connectivity index (χ0n) is 26.5. The number of hydrogen-bond acceptors (Lipinski definition) is 0. The van der Waals surface area contributed by atoms with E-state index in [2.05, 4.69) is 105 Å². The first-order valence-electron chi connectivity index (χ1n) is 15.2. The molecule has 2 aromatic carbocycles. The van der Waals surface area contributed by atoms with Crippen molar-refractivity contribution in [1.29, 1.82) is 0 Å². The minimum atomic E-state index is -2.24. The van der Waals surface area contributed by atoms with Crippen molar-refractivity contribution in [3.05, 3.63) is 73.6 Å². The Morgan fingerprint density at radius 1 is 0.750 bits per heavy atom. The minimum Gasteiger partial charge on any atom is -1.00 e. The number of hydrogen-bond donors (Lipinski definition) is 0. The van der Waals surface area contributed by atoms with Crippen LogP contribution in [0, 0.1) is 5.41 Å². The summed E-state index contributed by atoms with van der Waals surface area (Å²) in [4.78, 5) is 0. The van der Waals surface area contributed by atoms with E-state index in [0.717, 1.165) is 6.42 Å². The molecule has 0 aromatic heterocycles. The molecule has 2 aromatic rings. The van der Waals surface area contributed by atoms with Crippen molar-refractivity contribution in [2.24, 2.45) is 5.41 Å². The normalized spacial score (nSPS) is 16.6. The summed E-state index contributed by atoms with van der Waals surface area (Å²) in [6, 6.07) is 12.7. The topological polar surface area (TPSA) is 0 Å². The third-order valence-corrected chi connectivity index (χ3v) is 17.5. The molecule has 0 aliphatic heterocycles. The number of benzene rings is 2. The quantitative estimate of drug-likeness (QED) is 0.400. The third kappa shape index (κ3) is 6.58. The molecule has 0 bridgehead atoms. The number of rotatable bonds is 4. The predicted octanol–water partition coefficient (Wildman–Crippen LogP) is 3.89. The second kappa shape index (κ2) is 12.5. The van der Waals surface area contributed by atoms with Gasteiger partial charge in [-0.05, 0) is 0 Å². The van der Waals surface area contributed by atoms with Crippen LogP contribution in [-0.2, 0) is 38.5 Å². The van der Waals surface area contributed by atoms with Crippen LogP contribution in [0.4, 0.5) is 0 Å². The monoisotopic (exact) mass is 654 g/mol. The van der Waals surface area contributed by atoms with Crippen molar-refractivity contribution in [2.45, 2.75) is 125 Å². The van der Waals surface area contributed by atoms with Crippen molar-refractivity contribution in [2.75, 3.05) is 0 Å². The molecule has 40 heavy (non-hydrogen) atoms. The molecule has 5 rings (SSSR count). The first-order valence-corrected chi connectivity index (χ1v) is 18.9. The molecule has 216 valence electrons. The van der Waals surface area contributed by atoms with Gasteiger partial charge in [-0.25, -0.2) is 0 Å². The maximum Gasteiger partial charge on any atom is -1.00 e. The van der Waals surface area contributed by atoms with Gasteiger partial charge in [0.1, 0.15) is 0 Å². The number of allylic oxidation sites excluding steroid dienone is 4. The van der Waals surface area contributed by atoms with Crippen LogP contribution >= 0.6 is 0 Å². The summed E-state index contributed by atoms with van der Waals surface area (Å²) in [5, 5.41) is 0. The van der Waals surface area contributed by atoms with Gasteiger partial charge >= 0.3 is 242 Å². The Balaban J connectivity index is 0.00000220. The van der Waals surface area contributed by atoms with Crippen LogP contribution < -0.4 is 28.1 Å². The van der Waals surface area contributed by atoms with Gasteiger partial charge < -0.3 is 24.8 Å². The van der Waals surface area contributed by atoms with Crippen LogP contribution in [0.2, 0.25) is 0 Å². The van der Waals surface area contributed by atoms with Crippen molar-refractivity contribution in [3.63, 3.8) is 0 Å². The molecular weight excluding hydrogens is 607 g/mol. The van der Waals surface area contributed by atoms with Crippen LogP contribution in [0.1, 0.15) is 130 Å². The molecule has 0 amide bonds. The average Bonchev–Trinajstić information content (AvgIpc) is 3.49. The summed E-state index contributed by atoms with van der Waals surface area (Å²) in [6.07, 6.45) is 15.8. The van der Waals surface area contributed by atoms with Crippen LogP contribution in [0.15, 0.2) is 51.3 Å². The molecule has 0 N–H and O–H groups in total. The Labute approximate surface area is 265 Å². The van der Waals surface area contributed by atoms with Gasteiger partial charge in [0.15, 0.2) is 0 Å². The first kappa shape index (κ1) is 33.8.